The summed E-state index contributed by atoms with van der Waals surface area (Å²) >= 11 is 1.10. The number of sulfonamides is 1. The van der Waals surface area contributed by atoms with Crippen molar-refractivity contribution in [2.24, 2.45) is 0 Å². The fourth-order valence-electron chi connectivity index (χ4n) is 1.98. The average Bonchev–Trinajstić information content (AvgIpc) is 2.93. The lowest BCUT2D eigenvalue weighted by molar-refractivity contribution is 0.101. The Morgan fingerprint density at radius 1 is 1.28 bits per heavy atom. The molecule has 0 aliphatic heterocycles. The molecule has 1 aromatic carbocycles. The van der Waals surface area contributed by atoms with Gasteiger partial charge in [-0.25, -0.2) is 18.1 Å². The van der Waals surface area contributed by atoms with Crippen molar-refractivity contribution in [1.82, 2.24) is 9.71 Å². The summed E-state index contributed by atoms with van der Waals surface area (Å²) in [5, 5.41) is 2.92. The molecule has 0 spiro atoms. The number of ketones is 1. The second kappa shape index (κ2) is 7.68. The second-order valence-electron chi connectivity index (χ2n) is 5.11. The number of aromatic nitrogens is 1. The van der Waals surface area contributed by atoms with Crippen molar-refractivity contribution in [2.45, 2.75) is 18.7 Å². The predicted molar refractivity (Wildman–Crippen MR) is 96.6 cm³/mol. The molecular weight excluding hydrogens is 362 g/mol. The summed E-state index contributed by atoms with van der Waals surface area (Å²) in [5.74, 6) is -0.552. The summed E-state index contributed by atoms with van der Waals surface area (Å²) in [5.41, 5.74) is 0.836. The van der Waals surface area contributed by atoms with E-state index in [0.29, 0.717) is 15.7 Å². The summed E-state index contributed by atoms with van der Waals surface area (Å²) < 4.78 is 26.3. The fraction of sp³-hybridized carbons (Fsp3) is 0.188. The quantitative estimate of drug-likeness (QED) is 0.567. The zero-order chi connectivity index (χ0) is 18.6. The average molecular weight is 379 g/mol. The maximum atomic E-state index is 12.2. The minimum absolute atomic E-state index is 0.0508. The molecule has 1 amide bonds. The van der Waals surface area contributed by atoms with E-state index in [0.717, 1.165) is 11.3 Å². The molecule has 0 radical (unpaired) electrons. The first kappa shape index (κ1) is 19.0. The monoisotopic (exact) mass is 379 g/mol. The van der Waals surface area contributed by atoms with Gasteiger partial charge in [0.2, 0.25) is 10.0 Å². The fourth-order valence-corrected chi connectivity index (χ4v) is 3.84. The van der Waals surface area contributed by atoms with Crippen LogP contribution in [0.15, 0.2) is 41.8 Å². The predicted octanol–water partition coefficient (Wildman–Crippen LogP) is 2.37. The van der Waals surface area contributed by atoms with E-state index in [4.69, 9.17) is 0 Å². The van der Waals surface area contributed by atoms with Crippen molar-refractivity contribution < 1.29 is 18.0 Å². The Labute approximate surface area is 149 Å². The van der Waals surface area contributed by atoms with Crippen LogP contribution < -0.4 is 10.0 Å². The van der Waals surface area contributed by atoms with Gasteiger partial charge >= 0.3 is 0 Å². The summed E-state index contributed by atoms with van der Waals surface area (Å²) in [6, 6.07) is 5.50. The highest BCUT2D eigenvalue weighted by Crippen LogP contribution is 2.23. The number of aryl methyl sites for hydroxylation is 1. The lowest BCUT2D eigenvalue weighted by Gasteiger charge is -2.06. The van der Waals surface area contributed by atoms with Crippen LogP contribution in [0.3, 0.4) is 0 Å². The van der Waals surface area contributed by atoms with Gasteiger partial charge in [0.25, 0.3) is 5.91 Å². The molecule has 9 heteroatoms. The number of amides is 1. The van der Waals surface area contributed by atoms with Crippen molar-refractivity contribution >= 4 is 38.2 Å². The highest BCUT2D eigenvalue weighted by Gasteiger charge is 2.16. The SMILES string of the molecule is C=CCNS(=O)(=O)c1ccc(C(=O)Nc2nc(C)c(C(C)=O)s2)cc1. The van der Waals surface area contributed by atoms with E-state index in [9.17, 15) is 18.0 Å². The third-order valence-electron chi connectivity index (χ3n) is 3.18. The number of carbonyl (C=O) groups is 2. The molecule has 2 aromatic rings. The van der Waals surface area contributed by atoms with Crippen LogP contribution in [0, 0.1) is 6.92 Å². The smallest absolute Gasteiger partial charge is 0.257 e. The van der Waals surface area contributed by atoms with Gasteiger partial charge in [-0.1, -0.05) is 17.4 Å². The van der Waals surface area contributed by atoms with Crippen molar-refractivity contribution in [2.75, 3.05) is 11.9 Å². The highest BCUT2D eigenvalue weighted by atomic mass is 32.2. The Morgan fingerprint density at radius 2 is 1.92 bits per heavy atom. The van der Waals surface area contributed by atoms with E-state index in [1.807, 2.05) is 0 Å². The van der Waals surface area contributed by atoms with E-state index in [2.05, 4.69) is 21.6 Å². The van der Waals surface area contributed by atoms with Crippen LogP contribution in [0.4, 0.5) is 5.13 Å². The van der Waals surface area contributed by atoms with Crippen LogP contribution in [-0.2, 0) is 10.0 Å². The highest BCUT2D eigenvalue weighted by molar-refractivity contribution is 7.89. The Kier molecular flexibility index (Phi) is 5.83. The molecule has 2 N–H and O–H groups in total. The lowest BCUT2D eigenvalue weighted by atomic mass is 10.2. The summed E-state index contributed by atoms with van der Waals surface area (Å²) in [7, 11) is -3.64. The van der Waals surface area contributed by atoms with Gasteiger partial charge in [0, 0.05) is 19.0 Å². The van der Waals surface area contributed by atoms with Gasteiger partial charge in [0.05, 0.1) is 15.5 Å². The van der Waals surface area contributed by atoms with Gasteiger partial charge in [0.15, 0.2) is 10.9 Å². The summed E-state index contributed by atoms with van der Waals surface area (Å²) in [4.78, 5) is 28.3. The van der Waals surface area contributed by atoms with Crippen molar-refractivity contribution in [3.63, 3.8) is 0 Å². The van der Waals surface area contributed by atoms with Crippen LogP contribution in [0.25, 0.3) is 0 Å². The second-order valence-corrected chi connectivity index (χ2v) is 7.87. The van der Waals surface area contributed by atoms with Crippen molar-refractivity contribution in [1.29, 1.82) is 0 Å². The summed E-state index contributed by atoms with van der Waals surface area (Å²) in [6.07, 6.45) is 1.44. The van der Waals surface area contributed by atoms with E-state index < -0.39 is 15.9 Å². The zero-order valence-corrected chi connectivity index (χ0v) is 15.3. The largest absolute Gasteiger partial charge is 0.298 e. The molecule has 7 nitrogen and oxygen atoms in total. The van der Waals surface area contributed by atoms with Gasteiger partial charge in [0.1, 0.15) is 0 Å². The van der Waals surface area contributed by atoms with Crippen LogP contribution in [-0.4, -0.2) is 31.6 Å². The number of nitrogens with one attached hydrogen (secondary N) is 2. The molecule has 0 atom stereocenters. The molecular formula is C16H17N3O4S2. The number of rotatable bonds is 7. The molecule has 0 saturated heterocycles. The Balaban J connectivity index is 2.14. The Hall–Kier alpha value is -2.36. The number of benzene rings is 1. The van der Waals surface area contributed by atoms with E-state index >= 15 is 0 Å². The zero-order valence-electron chi connectivity index (χ0n) is 13.7. The molecule has 0 fully saturated rings. The van der Waals surface area contributed by atoms with E-state index in [1.165, 1.54) is 37.3 Å². The number of hydrogen-bond acceptors (Lipinski definition) is 6. The molecule has 1 aromatic heterocycles. The third kappa shape index (κ3) is 4.59. The van der Waals surface area contributed by atoms with Gasteiger partial charge < -0.3 is 0 Å². The number of anilines is 1. The standard InChI is InChI=1S/C16H17N3O4S2/c1-4-9-17-25(22,23)13-7-5-12(6-8-13)15(21)19-16-18-10(2)14(24-16)11(3)20/h4-8,17H,1,9H2,2-3H3,(H,18,19,21). The molecule has 25 heavy (non-hydrogen) atoms. The number of nitrogens with zero attached hydrogens (tertiary/aromatic N) is 1. The molecule has 0 bridgehead atoms. The first-order valence-electron chi connectivity index (χ1n) is 7.25. The van der Waals surface area contributed by atoms with Crippen LogP contribution >= 0.6 is 11.3 Å². The van der Waals surface area contributed by atoms with Gasteiger partial charge in [-0.2, -0.15) is 0 Å². The number of Topliss-reactive ketones (excluding diaryl/α,β-unsaturated/α-hetero) is 1. The summed E-state index contributed by atoms with van der Waals surface area (Å²) in [6.45, 7) is 6.69. The maximum absolute atomic E-state index is 12.2. The molecule has 0 saturated carbocycles. The van der Waals surface area contributed by atoms with Gasteiger partial charge in [-0.3, -0.25) is 14.9 Å². The van der Waals surface area contributed by atoms with Gasteiger partial charge in [-0.05, 0) is 31.2 Å². The first-order valence-corrected chi connectivity index (χ1v) is 9.55. The number of hydrogen-bond donors (Lipinski definition) is 2. The van der Waals surface area contributed by atoms with Crippen molar-refractivity contribution in [3.8, 4) is 0 Å². The number of thiazole rings is 1. The van der Waals surface area contributed by atoms with Gasteiger partial charge in [-0.15, -0.1) is 6.58 Å². The molecule has 0 aliphatic rings. The lowest BCUT2D eigenvalue weighted by Crippen LogP contribution is -2.23. The maximum Gasteiger partial charge on any atom is 0.257 e. The van der Waals surface area contributed by atoms with Crippen LogP contribution in [0.1, 0.15) is 32.6 Å². The van der Waals surface area contributed by atoms with E-state index in [1.54, 1.807) is 6.92 Å². The van der Waals surface area contributed by atoms with Crippen LogP contribution in [0.5, 0.6) is 0 Å². The molecule has 1 heterocycles. The Morgan fingerprint density at radius 3 is 2.44 bits per heavy atom. The first-order chi connectivity index (χ1) is 11.7. The molecule has 132 valence electrons. The molecule has 0 unspecified atom stereocenters. The van der Waals surface area contributed by atoms with E-state index in [-0.39, 0.29) is 22.8 Å². The topological polar surface area (TPSA) is 105 Å². The molecule has 2 rings (SSSR count). The Bertz CT molecular complexity index is 915. The van der Waals surface area contributed by atoms with Crippen LogP contribution in [0.2, 0.25) is 0 Å². The normalized spacial score (nSPS) is 11.1. The number of carbonyl (C=O) groups excluding carboxylic acids is 2. The minimum atomic E-state index is -3.64. The molecule has 0 aliphatic carbocycles. The third-order valence-corrected chi connectivity index (χ3v) is 5.79. The van der Waals surface area contributed by atoms with Crippen molar-refractivity contribution in [3.05, 3.63) is 53.1 Å². The minimum Gasteiger partial charge on any atom is -0.298 e.